The van der Waals surface area contributed by atoms with Crippen LogP contribution >= 0.6 is 0 Å². The van der Waals surface area contributed by atoms with Gasteiger partial charge in [0, 0.05) is 11.1 Å². The number of nitrogens with zero attached hydrogens (tertiary/aromatic N) is 1. The molecule has 0 spiro atoms. The van der Waals surface area contributed by atoms with Crippen LogP contribution in [0.5, 0.6) is 0 Å². The summed E-state index contributed by atoms with van der Waals surface area (Å²) in [6.07, 6.45) is 3.33. The highest BCUT2D eigenvalue weighted by atomic mass is 16.2. The average Bonchev–Trinajstić information content (AvgIpc) is 2.36. The van der Waals surface area contributed by atoms with Crippen molar-refractivity contribution in [3.63, 3.8) is 0 Å². The van der Waals surface area contributed by atoms with Gasteiger partial charge in [0.15, 0.2) is 0 Å². The Kier molecular flexibility index (Phi) is 6.67. The summed E-state index contributed by atoms with van der Waals surface area (Å²) in [7, 11) is 0. The quantitative estimate of drug-likeness (QED) is 0.791. The standard InChI is InChI=1S/C17H35N3O/c1-7-17(5,6)19-15(21)13-20-10-8-14(9-11-20)12-18-16(2,3)4/h14,18H,7-13H2,1-6H3,(H,19,21). The summed E-state index contributed by atoms with van der Waals surface area (Å²) in [5, 5.41) is 6.70. The molecule has 0 bridgehead atoms. The van der Waals surface area contributed by atoms with Crippen molar-refractivity contribution in [2.75, 3.05) is 26.2 Å². The van der Waals surface area contributed by atoms with Crippen molar-refractivity contribution in [3.8, 4) is 0 Å². The molecule has 2 N–H and O–H groups in total. The van der Waals surface area contributed by atoms with E-state index in [1.54, 1.807) is 0 Å². The molecule has 0 atom stereocenters. The van der Waals surface area contributed by atoms with E-state index in [-0.39, 0.29) is 17.0 Å². The summed E-state index contributed by atoms with van der Waals surface area (Å²) in [5.74, 6) is 0.906. The Hall–Kier alpha value is -0.610. The number of likely N-dealkylation sites (tertiary alicyclic amines) is 1. The zero-order valence-electron chi connectivity index (χ0n) is 14.9. The fourth-order valence-corrected chi connectivity index (χ4v) is 2.51. The van der Waals surface area contributed by atoms with Crippen LogP contribution in [0.15, 0.2) is 0 Å². The molecule has 1 amide bonds. The van der Waals surface area contributed by atoms with Crippen LogP contribution in [0.25, 0.3) is 0 Å². The van der Waals surface area contributed by atoms with Gasteiger partial charge in [0.05, 0.1) is 6.54 Å². The van der Waals surface area contributed by atoms with Gasteiger partial charge in [0.25, 0.3) is 0 Å². The predicted molar refractivity (Wildman–Crippen MR) is 89.4 cm³/mol. The van der Waals surface area contributed by atoms with Crippen LogP contribution in [0.4, 0.5) is 0 Å². The summed E-state index contributed by atoms with van der Waals surface area (Å²) < 4.78 is 0. The summed E-state index contributed by atoms with van der Waals surface area (Å²) in [4.78, 5) is 14.3. The van der Waals surface area contributed by atoms with Gasteiger partial charge in [-0.15, -0.1) is 0 Å². The summed E-state index contributed by atoms with van der Waals surface area (Å²) in [6, 6.07) is 0. The van der Waals surface area contributed by atoms with Crippen LogP contribution in [-0.2, 0) is 4.79 Å². The molecule has 4 heteroatoms. The molecule has 0 aliphatic carbocycles. The lowest BCUT2D eigenvalue weighted by molar-refractivity contribution is -0.124. The molecule has 1 aliphatic heterocycles. The van der Waals surface area contributed by atoms with E-state index in [0.717, 1.165) is 32.0 Å². The zero-order chi connectivity index (χ0) is 16.1. The van der Waals surface area contributed by atoms with Crippen molar-refractivity contribution in [1.82, 2.24) is 15.5 Å². The van der Waals surface area contributed by atoms with E-state index in [2.05, 4.69) is 57.1 Å². The van der Waals surface area contributed by atoms with Crippen molar-refractivity contribution in [2.24, 2.45) is 5.92 Å². The minimum atomic E-state index is -0.0912. The molecule has 1 saturated heterocycles. The van der Waals surface area contributed by atoms with Gasteiger partial charge in [0.1, 0.15) is 0 Å². The fourth-order valence-electron chi connectivity index (χ4n) is 2.51. The van der Waals surface area contributed by atoms with Crippen molar-refractivity contribution >= 4 is 5.91 Å². The van der Waals surface area contributed by atoms with E-state index in [4.69, 9.17) is 0 Å². The van der Waals surface area contributed by atoms with Gasteiger partial charge in [0.2, 0.25) is 5.91 Å². The summed E-state index contributed by atoms with van der Waals surface area (Å²) in [5.41, 5.74) is 0.106. The van der Waals surface area contributed by atoms with Crippen molar-refractivity contribution in [2.45, 2.75) is 71.9 Å². The van der Waals surface area contributed by atoms with E-state index < -0.39 is 0 Å². The van der Waals surface area contributed by atoms with Crippen LogP contribution in [0.3, 0.4) is 0 Å². The third-order valence-corrected chi connectivity index (χ3v) is 4.36. The lowest BCUT2D eigenvalue weighted by Crippen LogP contribution is -2.49. The maximum atomic E-state index is 12.1. The van der Waals surface area contributed by atoms with Gasteiger partial charge in [-0.1, -0.05) is 6.92 Å². The first kappa shape index (κ1) is 18.4. The molecule has 21 heavy (non-hydrogen) atoms. The molecule has 4 nitrogen and oxygen atoms in total. The predicted octanol–water partition coefficient (Wildman–Crippen LogP) is 2.39. The highest BCUT2D eigenvalue weighted by Gasteiger charge is 2.24. The van der Waals surface area contributed by atoms with Gasteiger partial charge in [-0.05, 0) is 79.4 Å². The Labute approximate surface area is 131 Å². The molecular formula is C17H35N3O. The molecule has 1 fully saturated rings. The van der Waals surface area contributed by atoms with Crippen LogP contribution < -0.4 is 10.6 Å². The minimum absolute atomic E-state index is 0.0912. The third-order valence-electron chi connectivity index (χ3n) is 4.36. The van der Waals surface area contributed by atoms with E-state index in [0.29, 0.717) is 6.54 Å². The second-order valence-corrected chi connectivity index (χ2v) is 8.14. The molecule has 0 saturated carbocycles. The number of nitrogens with one attached hydrogen (secondary N) is 2. The number of amides is 1. The second kappa shape index (κ2) is 7.59. The first-order valence-corrected chi connectivity index (χ1v) is 8.40. The molecule has 124 valence electrons. The smallest absolute Gasteiger partial charge is 0.234 e. The van der Waals surface area contributed by atoms with Gasteiger partial charge in [-0.3, -0.25) is 9.69 Å². The molecular weight excluding hydrogens is 262 g/mol. The Morgan fingerprint density at radius 1 is 1.14 bits per heavy atom. The first-order chi connectivity index (χ1) is 9.61. The molecule has 0 aromatic carbocycles. The number of carbonyl (C=O) groups excluding carboxylic acids is 1. The van der Waals surface area contributed by atoms with Gasteiger partial charge in [-0.2, -0.15) is 0 Å². The summed E-state index contributed by atoms with van der Waals surface area (Å²) in [6.45, 7) is 16.6. The number of rotatable bonds is 6. The zero-order valence-corrected chi connectivity index (χ0v) is 14.9. The summed E-state index contributed by atoms with van der Waals surface area (Å²) >= 11 is 0. The second-order valence-electron chi connectivity index (χ2n) is 8.14. The first-order valence-electron chi connectivity index (χ1n) is 8.40. The van der Waals surface area contributed by atoms with Crippen LogP contribution in [0.2, 0.25) is 0 Å². The number of hydrogen-bond donors (Lipinski definition) is 2. The monoisotopic (exact) mass is 297 g/mol. The minimum Gasteiger partial charge on any atom is -0.350 e. The van der Waals surface area contributed by atoms with Gasteiger partial charge < -0.3 is 10.6 Å². The molecule has 0 radical (unpaired) electrons. The molecule has 1 aliphatic rings. The largest absolute Gasteiger partial charge is 0.350 e. The van der Waals surface area contributed by atoms with Gasteiger partial charge >= 0.3 is 0 Å². The molecule has 0 aromatic rings. The molecule has 0 unspecified atom stereocenters. The Morgan fingerprint density at radius 2 is 1.71 bits per heavy atom. The Bertz CT molecular complexity index is 325. The molecule has 1 rings (SSSR count). The van der Waals surface area contributed by atoms with E-state index in [1.165, 1.54) is 12.8 Å². The third kappa shape index (κ3) is 7.82. The maximum absolute atomic E-state index is 12.1. The Balaban J connectivity index is 2.26. The van der Waals surface area contributed by atoms with Gasteiger partial charge in [-0.25, -0.2) is 0 Å². The topological polar surface area (TPSA) is 44.4 Å². The van der Waals surface area contributed by atoms with E-state index in [1.807, 2.05) is 0 Å². The molecule has 0 aromatic heterocycles. The number of carbonyl (C=O) groups is 1. The normalized spacial score (nSPS) is 18.8. The SMILES string of the molecule is CCC(C)(C)NC(=O)CN1CCC(CNC(C)(C)C)CC1. The number of piperidine rings is 1. The average molecular weight is 297 g/mol. The number of hydrogen-bond acceptors (Lipinski definition) is 3. The molecule has 1 heterocycles. The highest BCUT2D eigenvalue weighted by molar-refractivity contribution is 5.78. The highest BCUT2D eigenvalue weighted by Crippen LogP contribution is 2.17. The lowest BCUT2D eigenvalue weighted by atomic mass is 9.95. The van der Waals surface area contributed by atoms with E-state index in [9.17, 15) is 4.79 Å². The van der Waals surface area contributed by atoms with Crippen LogP contribution in [-0.4, -0.2) is 48.1 Å². The van der Waals surface area contributed by atoms with Crippen molar-refractivity contribution in [3.05, 3.63) is 0 Å². The van der Waals surface area contributed by atoms with Crippen molar-refractivity contribution < 1.29 is 4.79 Å². The fraction of sp³-hybridized carbons (Fsp3) is 0.941. The van der Waals surface area contributed by atoms with Crippen LogP contribution in [0.1, 0.15) is 60.8 Å². The lowest BCUT2D eigenvalue weighted by Gasteiger charge is -2.34. The van der Waals surface area contributed by atoms with Crippen molar-refractivity contribution in [1.29, 1.82) is 0 Å². The maximum Gasteiger partial charge on any atom is 0.234 e. The van der Waals surface area contributed by atoms with E-state index >= 15 is 0 Å². The van der Waals surface area contributed by atoms with Crippen LogP contribution in [0, 0.1) is 5.92 Å². The Morgan fingerprint density at radius 3 is 2.19 bits per heavy atom.